The average molecular weight is 314 g/mol. The van der Waals surface area contributed by atoms with E-state index in [2.05, 4.69) is 15.2 Å². The van der Waals surface area contributed by atoms with Crippen LogP contribution in [0.2, 0.25) is 0 Å². The fraction of sp³-hybridized carbons (Fsp3) is 0.375. The van der Waals surface area contributed by atoms with Gasteiger partial charge in [0.05, 0.1) is 19.3 Å². The van der Waals surface area contributed by atoms with E-state index in [4.69, 9.17) is 9.47 Å². The third-order valence-corrected chi connectivity index (χ3v) is 3.69. The summed E-state index contributed by atoms with van der Waals surface area (Å²) in [5, 5.41) is 7.96. The van der Waals surface area contributed by atoms with Crippen molar-refractivity contribution < 1.29 is 14.3 Å². The third-order valence-electron chi connectivity index (χ3n) is 3.69. The molecule has 120 valence electrons. The number of rotatable bonds is 4. The van der Waals surface area contributed by atoms with Crippen LogP contribution in [0.25, 0.3) is 0 Å². The van der Waals surface area contributed by atoms with Crippen molar-refractivity contribution in [2.75, 3.05) is 20.2 Å². The Hall–Kier alpha value is -2.70. The Bertz CT molecular complexity index is 690. The highest BCUT2D eigenvalue weighted by Crippen LogP contribution is 2.21. The van der Waals surface area contributed by atoms with E-state index in [9.17, 15) is 4.79 Å². The highest BCUT2D eigenvalue weighted by molar-refractivity contribution is 5.96. The van der Waals surface area contributed by atoms with Gasteiger partial charge in [-0.15, -0.1) is 5.10 Å². The summed E-state index contributed by atoms with van der Waals surface area (Å²) in [4.78, 5) is 18.4. The third kappa shape index (κ3) is 3.39. The van der Waals surface area contributed by atoms with E-state index in [1.165, 1.54) is 7.11 Å². The molecule has 7 heteroatoms. The maximum Gasteiger partial charge on any atom is 0.259 e. The molecule has 3 rings (SSSR count). The second kappa shape index (κ2) is 6.60. The van der Waals surface area contributed by atoms with Gasteiger partial charge in [0.1, 0.15) is 11.7 Å². The highest BCUT2D eigenvalue weighted by Gasteiger charge is 2.30. The first-order chi connectivity index (χ1) is 11.2. The van der Waals surface area contributed by atoms with Crippen LogP contribution in [0, 0.1) is 6.92 Å². The average Bonchev–Trinajstić information content (AvgIpc) is 3.05. The smallest absolute Gasteiger partial charge is 0.259 e. The maximum absolute atomic E-state index is 12.6. The number of methoxy groups -OCH3 is 1. The molecular weight excluding hydrogens is 296 g/mol. The van der Waals surface area contributed by atoms with E-state index in [1.54, 1.807) is 29.3 Å². The van der Waals surface area contributed by atoms with Crippen LogP contribution in [0.1, 0.15) is 22.5 Å². The van der Waals surface area contributed by atoms with Crippen LogP contribution < -0.4 is 9.47 Å². The Morgan fingerprint density at radius 2 is 2.17 bits per heavy atom. The molecule has 2 aromatic rings. The van der Waals surface area contributed by atoms with Crippen LogP contribution in [0.3, 0.4) is 0 Å². The number of pyridine rings is 1. The maximum atomic E-state index is 12.6. The van der Waals surface area contributed by atoms with E-state index >= 15 is 0 Å². The summed E-state index contributed by atoms with van der Waals surface area (Å²) in [5.41, 5.74) is 1.30. The van der Waals surface area contributed by atoms with Crippen molar-refractivity contribution in [3.8, 4) is 11.8 Å². The zero-order chi connectivity index (χ0) is 16.2. The molecule has 1 saturated heterocycles. The van der Waals surface area contributed by atoms with Crippen molar-refractivity contribution in [2.24, 2.45) is 0 Å². The number of amides is 1. The van der Waals surface area contributed by atoms with Gasteiger partial charge in [-0.2, -0.15) is 5.10 Å². The molecule has 0 unspecified atom stereocenters. The van der Waals surface area contributed by atoms with Gasteiger partial charge in [-0.1, -0.05) is 0 Å². The van der Waals surface area contributed by atoms with Gasteiger partial charge in [0, 0.05) is 25.2 Å². The Kier molecular flexibility index (Phi) is 4.36. The number of nitrogens with zero attached hydrogens (tertiary/aromatic N) is 4. The van der Waals surface area contributed by atoms with Crippen molar-refractivity contribution in [3.05, 3.63) is 41.7 Å². The minimum atomic E-state index is -0.101. The van der Waals surface area contributed by atoms with Crippen LogP contribution in [-0.2, 0) is 0 Å². The van der Waals surface area contributed by atoms with Crippen LogP contribution in [0.5, 0.6) is 11.8 Å². The van der Waals surface area contributed by atoms with Crippen LogP contribution in [-0.4, -0.2) is 52.3 Å². The fourth-order valence-corrected chi connectivity index (χ4v) is 2.52. The number of carbonyl (C=O) groups is 1. The zero-order valence-corrected chi connectivity index (χ0v) is 13.1. The van der Waals surface area contributed by atoms with Gasteiger partial charge in [0.25, 0.3) is 5.91 Å². The largest absolute Gasteiger partial charge is 0.480 e. The fourth-order valence-electron chi connectivity index (χ4n) is 2.52. The van der Waals surface area contributed by atoms with Crippen molar-refractivity contribution in [1.29, 1.82) is 0 Å². The first-order valence-electron chi connectivity index (χ1n) is 7.42. The Labute approximate surface area is 134 Å². The van der Waals surface area contributed by atoms with Gasteiger partial charge in [0.2, 0.25) is 11.8 Å². The standard InChI is InChI=1S/C16H18N4O3/c1-11-5-6-14(19-18-11)23-12-7-9-20(10-12)16(21)13-4-3-8-17-15(13)22-2/h3-6,8,12H,7,9-10H2,1-2H3/t12-/m1/s1. The first-order valence-corrected chi connectivity index (χ1v) is 7.42. The quantitative estimate of drug-likeness (QED) is 0.851. The normalized spacial score (nSPS) is 17.1. The summed E-state index contributed by atoms with van der Waals surface area (Å²) in [6.07, 6.45) is 2.27. The van der Waals surface area contributed by atoms with Crippen LogP contribution >= 0.6 is 0 Å². The van der Waals surface area contributed by atoms with E-state index in [-0.39, 0.29) is 12.0 Å². The summed E-state index contributed by atoms with van der Waals surface area (Å²) in [6, 6.07) is 7.08. The van der Waals surface area contributed by atoms with Gasteiger partial charge in [0.15, 0.2) is 0 Å². The summed E-state index contributed by atoms with van der Waals surface area (Å²) in [6.45, 7) is 3.00. The van der Waals surface area contributed by atoms with Crippen molar-refractivity contribution in [3.63, 3.8) is 0 Å². The molecular formula is C16H18N4O3. The molecule has 1 fully saturated rings. The molecule has 1 aliphatic rings. The van der Waals surface area contributed by atoms with E-state index in [0.29, 0.717) is 30.4 Å². The van der Waals surface area contributed by atoms with Crippen LogP contribution in [0.15, 0.2) is 30.5 Å². The second-order valence-corrected chi connectivity index (χ2v) is 5.35. The molecule has 0 spiro atoms. The number of ether oxygens (including phenoxy) is 2. The molecule has 23 heavy (non-hydrogen) atoms. The molecule has 0 N–H and O–H groups in total. The minimum absolute atomic E-state index is 0.0846. The number of hydrogen-bond acceptors (Lipinski definition) is 6. The lowest BCUT2D eigenvalue weighted by Crippen LogP contribution is -2.31. The van der Waals surface area contributed by atoms with Gasteiger partial charge in [-0.3, -0.25) is 4.79 Å². The van der Waals surface area contributed by atoms with E-state index in [1.807, 2.05) is 13.0 Å². The highest BCUT2D eigenvalue weighted by atomic mass is 16.5. The van der Waals surface area contributed by atoms with E-state index < -0.39 is 0 Å². The van der Waals surface area contributed by atoms with Crippen molar-refractivity contribution in [1.82, 2.24) is 20.1 Å². The Morgan fingerprint density at radius 3 is 2.91 bits per heavy atom. The first kappa shape index (κ1) is 15.2. The predicted octanol–water partition coefficient (Wildman–Crippen LogP) is 1.48. The molecule has 2 aromatic heterocycles. The Morgan fingerprint density at radius 1 is 1.30 bits per heavy atom. The molecule has 0 bridgehead atoms. The summed E-state index contributed by atoms with van der Waals surface area (Å²) in [7, 11) is 1.51. The molecule has 0 radical (unpaired) electrons. The topological polar surface area (TPSA) is 77.4 Å². The number of likely N-dealkylation sites (tertiary alicyclic amines) is 1. The molecule has 0 aromatic carbocycles. The summed E-state index contributed by atoms with van der Waals surface area (Å²) in [5.74, 6) is 0.719. The van der Waals surface area contributed by atoms with Crippen LogP contribution in [0.4, 0.5) is 0 Å². The lowest BCUT2D eigenvalue weighted by molar-refractivity contribution is 0.0766. The van der Waals surface area contributed by atoms with Gasteiger partial charge in [-0.05, 0) is 25.1 Å². The predicted molar refractivity (Wildman–Crippen MR) is 82.5 cm³/mol. The molecule has 1 atom stereocenters. The number of carbonyl (C=O) groups excluding carboxylic acids is 1. The summed E-state index contributed by atoms with van der Waals surface area (Å²) < 4.78 is 10.9. The molecule has 1 aliphatic heterocycles. The van der Waals surface area contributed by atoms with E-state index in [0.717, 1.165) is 12.1 Å². The minimum Gasteiger partial charge on any atom is -0.480 e. The van der Waals surface area contributed by atoms with Gasteiger partial charge >= 0.3 is 0 Å². The van der Waals surface area contributed by atoms with Crippen molar-refractivity contribution >= 4 is 5.91 Å². The zero-order valence-electron chi connectivity index (χ0n) is 13.1. The Balaban J connectivity index is 1.65. The number of hydrogen-bond donors (Lipinski definition) is 0. The second-order valence-electron chi connectivity index (χ2n) is 5.35. The molecule has 1 amide bonds. The lowest BCUT2D eigenvalue weighted by Gasteiger charge is -2.17. The monoisotopic (exact) mass is 314 g/mol. The van der Waals surface area contributed by atoms with Gasteiger partial charge < -0.3 is 14.4 Å². The lowest BCUT2D eigenvalue weighted by atomic mass is 10.2. The number of aromatic nitrogens is 3. The SMILES string of the molecule is COc1ncccc1C(=O)N1CC[C@@H](Oc2ccc(C)nn2)C1. The summed E-state index contributed by atoms with van der Waals surface area (Å²) >= 11 is 0. The van der Waals surface area contributed by atoms with Gasteiger partial charge in [-0.25, -0.2) is 4.98 Å². The number of aryl methyl sites for hydroxylation is 1. The molecule has 0 saturated carbocycles. The van der Waals surface area contributed by atoms with Crippen molar-refractivity contribution in [2.45, 2.75) is 19.4 Å². The molecule has 7 nitrogen and oxygen atoms in total. The molecule has 0 aliphatic carbocycles. The molecule has 3 heterocycles.